The van der Waals surface area contributed by atoms with Crippen LogP contribution < -0.4 is 5.32 Å². The van der Waals surface area contributed by atoms with Gasteiger partial charge in [0.05, 0.1) is 6.61 Å². The molecule has 5 nitrogen and oxygen atoms in total. The highest BCUT2D eigenvalue weighted by atomic mass is 16.5. The van der Waals surface area contributed by atoms with Crippen LogP contribution in [0.1, 0.15) is 51.4 Å². The number of carbonyl (C=O) groups excluding carboxylic acids is 1. The molecule has 1 saturated carbocycles. The molecule has 128 valence electrons. The average Bonchev–Trinajstić information content (AvgIpc) is 3.04. The average molecular weight is 312 g/mol. The van der Waals surface area contributed by atoms with Crippen LogP contribution in [0.25, 0.3) is 0 Å². The monoisotopic (exact) mass is 312 g/mol. The summed E-state index contributed by atoms with van der Waals surface area (Å²) in [5.41, 5.74) is -0.0454. The van der Waals surface area contributed by atoms with Crippen LogP contribution in [0.5, 0.6) is 0 Å². The molecule has 0 bridgehead atoms. The SMILES string of the molecule is COCC[C@]1(CO)CCCN(CCC(=O)NC2CCCC2)C1. The molecule has 0 aromatic carbocycles. The molecule has 1 saturated heterocycles. The molecule has 0 aromatic rings. The Morgan fingerprint density at radius 2 is 2.14 bits per heavy atom. The summed E-state index contributed by atoms with van der Waals surface area (Å²) < 4.78 is 5.19. The summed E-state index contributed by atoms with van der Waals surface area (Å²) in [5.74, 6) is 0.184. The number of rotatable bonds is 8. The first-order valence-corrected chi connectivity index (χ1v) is 8.79. The predicted molar refractivity (Wildman–Crippen MR) is 86.7 cm³/mol. The zero-order valence-corrected chi connectivity index (χ0v) is 14.0. The highest BCUT2D eigenvalue weighted by Crippen LogP contribution is 2.33. The Labute approximate surface area is 134 Å². The number of nitrogens with one attached hydrogen (secondary N) is 1. The van der Waals surface area contributed by atoms with E-state index in [-0.39, 0.29) is 17.9 Å². The molecule has 0 spiro atoms. The lowest BCUT2D eigenvalue weighted by Crippen LogP contribution is -2.47. The lowest BCUT2D eigenvalue weighted by atomic mass is 9.78. The van der Waals surface area contributed by atoms with Crippen molar-refractivity contribution in [2.75, 3.05) is 40.0 Å². The van der Waals surface area contributed by atoms with E-state index in [2.05, 4.69) is 10.2 Å². The number of hydrogen-bond acceptors (Lipinski definition) is 4. The van der Waals surface area contributed by atoms with Crippen LogP contribution in [0, 0.1) is 5.41 Å². The third kappa shape index (κ3) is 5.21. The Bertz CT molecular complexity index is 345. The van der Waals surface area contributed by atoms with Gasteiger partial charge in [0.15, 0.2) is 0 Å². The van der Waals surface area contributed by atoms with E-state index >= 15 is 0 Å². The third-order valence-electron chi connectivity index (χ3n) is 5.29. The number of methoxy groups -OCH3 is 1. The zero-order chi connectivity index (χ0) is 15.8. The van der Waals surface area contributed by atoms with Crippen LogP contribution >= 0.6 is 0 Å². The number of aliphatic hydroxyl groups excluding tert-OH is 1. The van der Waals surface area contributed by atoms with Gasteiger partial charge in [-0.15, -0.1) is 0 Å². The molecule has 2 fully saturated rings. The highest BCUT2D eigenvalue weighted by Gasteiger charge is 2.34. The summed E-state index contributed by atoms with van der Waals surface area (Å²) in [6.45, 7) is 3.61. The standard InChI is InChI=1S/C17H32N2O3/c1-22-12-9-17(14-20)8-4-10-19(13-17)11-7-16(21)18-15-5-2-3-6-15/h15,20H,2-14H2,1H3,(H,18,21)/t17-/m1/s1. The van der Waals surface area contributed by atoms with Crippen molar-refractivity contribution < 1.29 is 14.6 Å². The molecule has 2 rings (SSSR count). The van der Waals surface area contributed by atoms with Crippen LogP contribution in [-0.2, 0) is 9.53 Å². The van der Waals surface area contributed by atoms with Crippen molar-refractivity contribution in [1.82, 2.24) is 10.2 Å². The number of aliphatic hydroxyl groups is 1. The maximum atomic E-state index is 12.0. The maximum absolute atomic E-state index is 12.0. The molecular formula is C17H32N2O3. The predicted octanol–water partition coefficient (Wildman–Crippen LogP) is 1.55. The first-order chi connectivity index (χ1) is 10.7. The second-order valence-electron chi connectivity index (χ2n) is 7.08. The Morgan fingerprint density at radius 3 is 2.82 bits per heavy atom. The Morgan fingerprint density at radius 1 is 1.36 bits per heavy atom. The first kappa shape index (κ1) is 17.7. The normalized spacial score (nSPS) is 27.2. The third-order valence-corrected chi connectivity index (χ3v) is 5.29. The zero-order valence-electron chi connectivity index (χ0n) is 14.0. The Kier molecular flexibility index (Phi) is 7.12. The van der Waals surface area contributed by atoms with E-state index in [4.69, 9.17) is 4.74 Å². The van der Waals surface area contributed by atoms with Gasteiger partial charge in [-0.05, 0) is 38.6 Å². The molecule has 1 aliphatic carbocycles. The van der Waals surface area contributed by atoms with Crippen molar-refractivity contribution >= 4 is 5.91 Å². The van der Waals surface area contributed by atoms with E-state index in [0.717, 1.165) is 51.7 Å². The molecule has 5 heteroatoms. The first-order valence-electron chi connectivity index (χ1n) is 8.79. The molecule has 2 N–H and O–H groups in total. The van der Waals surface area contributed by atoms with Crippen molar-refractivity contribution in [2.24, 2.45) is 5.41 Å². The van der Waals surface area contributed by atoms with Crippen LogP contribution in [0.2, 0.25) is 0 Å². The summed E-state index contributed by atoms with van der Waals surface area (Å²) in [4.78, 5) is 14.4. The van der Waals surface area contributed by atoms with Gasteiger partial charge in [-0.1, -0.05) is 12.8 Å². The minimum Gasteiger partial charge on any atom is -0.396 e. The quantitative estimate of drug-likeness (QED) is 0.714. The van der Waals surface area contributed by atoms with E-state index in [0.29, 0.717) is 19.1 Å². The molecule has 22 heavy (non-hydrogen) atoms. The summed E-state index contributed by atoms with van der Waals surface area (Å²) >= 11 is 0. The van der Waals surface area contributed by atoms with Gasteiger partial charge in [-0.2, -0.15) is 0 Å². The topological polar surface area (TPSA) is 61.8 Å². The number of nitrogens with zero attached hydrogens (tertiary/aromatic N) is 1. The van der Waals surface area contributed by atoms with Crippen molar-refractivity contribution in [2.45, 2.75) is 57.4 Å². The summed E-state index contributed by atoms with van der Waals surface area (Å²) in [6.07, 6.45) is 8.38. The summed E-state index contributed by atoms with van der Waals surface area (Å²) in [7, 11) is 1.71. The van der Waals surface area contributed by atoms with E-state index < -0.39 is 0 Å². The van der Waals surface area contributed by atoms with Gasteiger partial charge in [0.2, 0.25) is 5.91 Å². The van der Waals surface area contributed by atoms with Crippen molar-refractivity contribution in [3.63, 3.8) is 0 Å². The fourth-order valence-corrected chi connectivity index (χ4v) is 3.86. The van der Waals surface area contributed by atoms with Gasteiger partial charge in [0.1, 0.15) is 0 Å². The lowest BCUT2D eigenvalue weighted by molar-refractivity contribution is -0.122. The molecular weight excluding hydrogens is 280 g/mol. The second kappa shape index (κ2) is 8.85. The van der Waals surface area contributed by atoms with Gasteiger partial charge in [0.25, 0.3) is 0 Å². The number of amides is 1. The molecule has 1 atom stereocenters. The molecule has 0 unspecified atom stereocenters. The largest absolute Gasteiger partial charge is 0.396 e. The van der Waals surface area contributed by atoms with E-state index in [1.54, 1.807) is 7.11 Å². The van der Waals surface area contributed by atoms with Gasteiger partial charge < -0.3 is 20.1 Å². The second-order valence-corrected chi connectivity index (χ2v) is 7.08. The maximum Gasteiger partial charge on any atom is 0.221 e. The molecule has 0 radical (unpaired) electrons. The van der Waals surface area contributed by atoms with E-state index in [1.807, 2.05) is 0 Å². The number of carbonyl (C=O) groups is 1. The van der Waals surface area contributed by atoms with Gasteiger partial charge in [-0.25, -0.2) is 0 Å². The molecule has 2 aliphatic rings. The number of ether oxygens (including phenoxy) is 1. The lowest BCUT2D eigenvalue weighted by Gasteiger charge is -2.41. The van der Waals surface area contributed by atoms with Crippen LogP contribution in [0.3, 0.4) is 0 Å². The van der Waals surface area contributed by atoms with Gasteiger partial charge >= 0.3 is 0 Å². The van der Waals surface area contributed by atoms with Gasteiger partial charge in [-0.3, -0.25) is 4.79 Å². The van der Waals surface area contributed by atoms with Gasteiger partial charge in [0, 0.05) is 44.7 Å². The molecule has 1 aliphatic heterocycles. The summed E-state index contributed by atoms with van der Waals surface area (Å²) in [5, 5.41) is 12.9. The fraction of sp³-hybridized carbons (Fsp3) is 0.941. The fourth-order valence-electron chi connectivity index (χ4n) is 3.86. The minimum absolute atomic E-state index is 0.0454. The summed E-state index contributed by atoms with van der Waals surface area (Å²) in [6, 6.07) is 0.409. The Hall–Kier alpha value is -0.650. The van der Waals surface area contributed by atoms with Crippen LogP contribution in [0.4, 0.5) is 0 Å². The molecule has 0 aromatic heterocycles. The van der Waals surface area contributed by atoms with Crippen molar-refractivity contribution in [3.8, 4) is 0 Å². The van der Waals surface area contributed by atoms with Crippen LogP contribution in [-0.4, -0.2) is 61.9 Å². The smallest absolute Gasteiger partial charge is 0.221 e. The number of hydrogen-bond donors (Lipinski definition) is 2. The molecule has 1 amide bonds. The van der Waals surface area contributed by atoms with Crippen LogP contribution in [0.15, 0.2) is 0 Å². The Balaban J connectivity index is 1.73. The number of likely N-dealkylation sites (tertiary alicyclic amines) is 1. The van der Waals surface area contributed by atoms with Crippen molar-refractivity contribution in [3.05, 3.63) is 0 Å². The van der Waals surface area contributed by atoms with E-state index in [9.17, 15) is 9.90 Å². The van der Waals surface area contributed by atoms with E-state index in [1.165, 1.54) is 12.8 Å². The van der Waals surface area contributed by atoms with Crippen molar-refractivity contribution in [1.29, 1.82) is 0 Å². The molecule has 1 heterocycles. The number of piperidine rings is 1. The highest BCUT2D eigenvalue weighted by molar-refractivity contribution is 5.76. The minimum atomic E-state index is -0.0454.